The molecular formula is C35H46FN5O2. The summed E-state index contributed by atoms with van der Waals surface area (Å²) in [6.45, 7) is 9.17. The maximum absolute atomic E-state index is 14.3. The second kappa shape index (κ2) is 14.4. The minimum Gasteiger partial charge on any atom is -0.480 e. The fourth-order valence-electron chi connectivity index (χ4n) is 7.60. The van der Waals surface area contributed by atoms with Gasteiger partial charge in [-0.1, -0.05) is 50.1 Å². The largest absolute Gasteiger partial charge is 0.480 e. The molecule has 2 aromatic rings. The van der Waals surface area contributed by atoms with Crippen LogP contribution in [0.4, 0.5) is 4.39 Å². The first kappa shape index (κ1) is 31.0. The summed E-state index contributed by atoms with van der Waals surface area (Å²) in [5.74, 6) is 0.528. The summed E-state index contributed by atoms with van der Waals surface area (Å²) >= 11 is 0. The third-order valence-corrected chi connectivity index (χ3v) is 10.1. The number of carboxylic acid groups (broad SMARTS) is 1. The minimum absolute atomic E-state index is 0.118. The molecule has 8 heteroatoms. The van der Waals surface area contributed by atoms with E-state index in [0.29, 0.717) is 24.7 Å². The van der Waals surface area contributed by atoms with E-state index in [1.807, 2.05) is 30.3 Å². The van der Waals surface area contributed by atoms with Crippen molar-refractivity contribution in [3.8, 4) is 6.07 Å². The van der Waals surface area contributed by atoms with Crippen molar-refractivity contribution in [1.29, 1.82) is 5.26 Å². The van der Waals surface area contributed by atoms with E-state index in [9.17, 15) is 14.3 Å². The average Bonchev–Trinajstić information content (AvgIpc) is 3.43. The molecule has 3 atom stereocenters. The van der Waals surface area contributed by atoms with E-state index in [2.05, 4.69) is 39.7 Å². The van der Waals surface area contributed by atoms with E-state index in [4.69, 9.17) is 5.26 Å². The number of nitriles is 1. The van der Waals surface area contributed by atoms with E-state index >= 15 is 0 Å². The molecule has 1 saturated carbocycles. The molecule has 0 spiro atoms. The Kier molecular flexibility index (Phi) is 10.4. The molecule has 2 aromatic carbocycles. The van der Waals surface area contributed by atoms with Gasteiger partial charge in [-0.2, -0.15) is 5.26 Å². The number of carboxylic acids is 1. The van der Waals surface area contributed by atoms with E-state index in [1.165, 1.54) is 12.5 Å². The van der Waals surface area contributed by atoms with Gasteiger partial charge in [0, 0.05) is 58.3 Å². The number of piperidine rings is 1. The van der Waals surface area contributed by atoms with Crippen molar-refractivity contribution in [3.63, 3.8) is 0 Å². The summed E-state index contributed by atoms with van der Waals surface area (Å²) in [4.78, 5) is 19.5. The Morgan fingerprint density at radius 3 is 2.49 bits per heavy atom. The van der Waals surface area contributed by atoms with Crippen LogP contribution in [0.1, 0.15) is 67.6 Å². The van der Waals surface area contributed by atoms with Gasteiger partial charge in [0.05, 0.1) is 17.5 Å². The van der Waals surface area contributed by atoms with Gasteiger partial charge in [-0.3, -0.25) is 9.69 Å². The summed E-state index contributed by atoms with van der Waals surface area (Å²) in [5, 5.41) is 22.8. The Hall–Kier alpha value is -3.41. The fraction of sp³-hybridized carbons (Fsp3) is 0.543. The molecule has 2 N–H and O–H groups in total. The van der Waals surface area contributed by atoms with Gasteiger partial charge in [-0.05, 0) is 72.9 Å². The first-order valence-corrected chi connectivity index (χ1v) is 15.9. The number of rotatable bonds is 11. The van der Waals surface area contributed by atoms with Crippen molar-refractivity contribution in [2.45, 2.75) is 69.5 Å². The monoisotopic (exact) mass is 587 g/mol. The molecular weight excluding hydrogens is 541 g/mol. The number of benzene rings is 2. The predicted molar refractivity (Wildman–Crippen MR) is 167 cm³/mol. The van der Waals surface area contributed by atoms with E-state index in [-0.39, 0.29) is 23.6 Å². The van der Waals surface area contributed by atoms with Crippen molar-refractivity contribution < 1.29 is 14.3 Å². The Morgan fingerprint density at radius 1 is 1.12 bits per heavy atom. The van der Waals surface area contributed by atoms with Crippen LogP contribution in [0.3, 0.4) is 0 Å². The number of aliphatic carboxylic acids is 1. The van der Waals surface area contributed by atoms with Gasteiger partial charge in [0.2, 0.25) is 0 Å². The van der Waals surface area contributed by atoms with Crippen molar-refractivity contribution in [1.82, 2.24) is 20.0 Å². The number of carbonyl (C=O) groups is 1. The topological polar surface area (TPSA) is 82.8 Å². The minimum atomic E-state index is -0.706. The van der Waals surface area contributed by atoms with Crippen LogP contribution in [0.2, 0.25) is 0 Å². The van der Waals surface area contributed by atoms with Crippen LogP contribution in [-0.2, 0) is 11.3 Å². The lowest BCUT2D eigenvalue weighted by atomic mass is 9.83. The van der Waals surface area contributed by atoms with Gasteiger partial charge in [-0.25, -0.2) is 4.39 Å². The molecule has 0 bridgehead atoms. The lowest BCUT2D eigenvalue weighted by molar-refractivity contribution is -0.145. The molecule has 0 amide bonds. The molecule has 0 unspecified atom stereocenters. The van der Waals surface area contributed by atoms with Crippen molar-refractivity contribution in [2.24, 2.45) is 11.8 Å². The Bertz CT molecular complexity index is 1280. The molecule has 5 rings (SSSR count). The Labute approximate surface area is 256 Å². The zero-order valence-corrected chi connectivity index (χ0v) is 25.4. The summed E-state index contributed by atoms with van der Waals surface area (Å²) in [5.41, 5.74) is 2.75. The second-order valence-corrected chi connectivity index (χ2v) is 12.8. The zero-order valence-electron chi connectivity index (χ0n) is 25.4. The van der Waals surface area contributed by atoms with Gasteiger partial charge < -0.3 is 20.2 Å². The van der Waals surface area contributed by atoms with Gasteiger partial charge >= 0.3 is 5.97 Å². The van der Waals surface area contributed by atoms with Crippen molar-refractivity contribution >= 4 is 5.97 Å². The molecule has 2 aliphatic heterocycles. The Balaban J connectivity index is 1.18. The predicted octanol–water partition coefficient (Wildman–Crippen LogP) is 5.40. The highest BCUT2D eigenvalue weighted by atomic mass is 19.1. The molecule has 230 valence electrons. The molecule has 3 fully saturated rings. The highest BCUT2D eigenvalue weighted by molar-refractivity contribution is 5.74. The van der Waals surface area contributed by atoms with Crippen LogP contribution in [0, 0.1) is 29.0 Å². The van der Waals surface area contributed by atoms with E-state index in [0.717, 1.165) is 81.7 Å². The quantitative estimate of drug-likeness (QED) is 0.364. The smallest absolute Gasteiger partial charge is 0.321 e. The number of nitrogens with one attached hydrogen (secondary N) is 1. The van der Waals surface area contributed by atoms with E-state index < -0.39 is 12.0 Å². The fourth-order valence-corrected chi connectivity index (χ4v) is 7.60. The van der Waals surface area contributed by atoms with Crippen LogP contribution in [0.15, 0.2) is 60.9 Å². The van der Waals surface area contributed by atoms with Crippen molar-refractivity contribution in [3.05, 3.63) is 83.4 Å². The van der Waals surface area contributed by atoms with Gasteiger partial charge in [0.25, 0.3) is 0 Å². The second-order valence-electron chi connectivity index (χ2n) is 12.8. The molecule has 2 heterocycles. The zero-order chi connectivity index (χ0) is 30.3. The summed E-state index contributed by atoms with van der Waals surface area (Å²) in [7, 11) is 2.10. The SMILES string of the molecule is C=C(NCc1ccc(C#N)cc1)N(C)C1CCN(C[C@H]2CN([C@@H](C(=O)O)C3CCCCC3)C[C@@H]2c2cccc(F)c2)CC1. The molecule has 0 radical (unpaired) electrons. The first-order valence-electron chi connectivity index (χ1n) is 15.9. The number of hydrogen-bond acceptors (Lipinski definition) is 6. The molecule has 7 nitrogen and oxygen atoms in total. The van der Waals surface area contributed by atoms with Gasteiger partial charge in [-0.15, -0.1) is 0 Å². The Morgan fingerprint density at radius 2 is 1.84 bits per heavy atom. The number of hydrogen-bond donors (Lipinski definition) is 2. The van der Waals surface area contributed by atoms with Crippen LogP contribution < -0.4 is 5.32 Å². The van der Waals surface area contributed by atoms with E-state index in [1.54, 1.807) is 12.1 Å². The molecule has 1 aliphatic carbocycles. The summed E-state index contributed by atoms with van der Waals surface area (Å²) in [6.07, 6.45) is 7.43. The molecule has 0 aromatic heterocycles. The van der Waals surface area contributed by atoms with Crippen LogP contribution in [0.25, 0.3) is 0 Å². The van der Waals surface area contributed by atoms with Crippen LogP contribution in [-0.4, -0.2) is 77.6 Å². The first-order chi connectivity index (χ1) is 20.8. The van der Waals surface area contributed by atoms with Gasteiger partial charge in [0.15, 0.2) is 0 Å². The average molecular weight is 588 g/mol. The number of likely N-dealkylation sites (tertiary alicyclic amines) is 2. The number of halogens is 1. The highest BCUT2D eigenvalue weighted by Crippen LogP contribution is 2.39. The molecule has 2 saturated heterocycles. The van der Waals surface area contributed by atoms with Crippen molar-refractivity contribution in [2.75, 3.05) is 39.8 Å². The maximum atomic E-state index is 14.3. The van der Waals surface area contributed by atoms with Gasteiger partial charge in [0.1, 0.15) is 11.9 Å². The van der Waals surface area contributed by atoms with Crippen LogP contribution >= 0.6 is 0 Å². The normalized spacial score (nSPS) is 23.0. The maximum Gasteiger partial charge on any atom is 0.321 e. The lowest BCUT2D eigenvalue weighted by Crippen LogP contribution is -2.47. The lowest BCUT2D eigenvalue weighted by Gasteiger charge is -2.40. The van der Waals surface area contributed by atoms with Crippen LogP contribution in [0.5, 0.6) is 0 Å². The summed E-state index contributed by atoms with van der Waals surface area (Å²) in [6, 6.07) is 16.6. The summed E-state index contributed by atoms with van der Waals surface area (Å²) < 4.78 is 14.3. The standard InChI is InChI=1S/C35H46FN5O2/c1-25(38-21-27-13-11-26(20-37)12-14-27)39(2)32-15-17-40(18-16-32)22-30-23-41(24-33(30)29-9-6-10-31(36)19-29)34(35(42)43)28-7-4-3-5-8-28/h6,9-14,19,28,30,32-34,38H,1,3-5,7-8,15-18,21-24H2,2H3,(H,42,43)/t30-,33+,34+/m0/s1. The number of nitrogens with zero attached hydrogens (tertiary/aromatic N) is 4. The molecule has 3 aliphatic rings. The molecule has 43 heavy (non-hydrogen) atoms. The highest BCUT2D eigenvalue weighted by Gasteiger charge is 2.43. The third-order valence-electron chi connectivity index (χ3n) is 10.1. The third kappa shape index (κ3) is 7.76.